The van der Waals surface area contributed by atoms with Gasteiger partial charge in [0.05, 0.1) is 6.54 Å². The van der Waals surface area contributed by atoms with Crippen LogP contribution in [-0.4, -0.2) is 54.9 Å². The molecule has 0 atom stereocenters. The maximum absolute atomic E-state index is 12.6. The van der Waals surface area contributed by atoms with Crippen LogP contribution in [0.5, 0.6) is 0 Å². The summed E-state index contributed by atoms with van der Waals surface area (Å²) in [4.78, 5) is 21.4. The Hall–Kier alpha value is -2.30. The van der Waals surface area contributed by atoms with Crippen molar-refractivity contribution < 1.29 is 4.79 Å². The van der Waals surface area contributed by atoms with Gasteiger partial charge in [0.25, 0.3) is 5.91 Å². The van der Waals surface area contributed by atoms with Crippen molar-refractivity contribution in [3.8, 4) is 0 Å². The number of benzene rings is 1. The number of amides is 1. The number of allylic oxidation sites excluding steroid dienone is 1. The lowest BCUT2D eigenvalue weighted by atomic mass is 10.1. The highest BCUT2D eigenvalue weighted by Crippen LogP contribution is 2.14. The highest BCUT2D eigenvalue weighted by atomic mass is 16.2. The minimum Gasteiger partial charge on any atom is -0.357 e. The van der Waals surface area contributed by atoms with Gasteiger partial charge < -0.3 is 15.1 Å². The lowest BCUT2D eigenvalue weighted by molar-refractivity contribution is 0.0724. The van der Waals surface area contributed by atoms with Gasteiger partial charge in [-0.1, -0.05) is 18.2 Å². The van der Waals surface area contributed by atoms with Gasteiger partial charge in [-0.2, -0.15) is 0 Å². The molecule has 5 heteroatoms. The summed E-state index contributed by atoms with van der Waals surface area (Å²) in [5.41, 5.74) is 1.89. The smallest absolute Gasteiger partial charge is 0.253 e. The molecular weight excluding hydrogens is 336 g/mol. The summed E-state index contributed by atoms with van der Waals surface area (Å²) >= 11 is 0. The first-order valence-electron chi connectivity index (χ1n) is 10.1. The van der Waals surface area contributed by atoms with Crippen LogP contribution in [0.1, 0.15) is 54.9 Å². The van der Waals surface area contributed by atoms with Crippen molar-refractivity contribution in [2.45, 2.75) is 45.6 Å². The summed E-state index contributed by atoms with van der Waals surface area (Å²) < 4.78 is 0. The summed E-state index contributed by atoms with van der Waals surface area (Å²) in [5.74, 6) is 1.06. The van der Waals surface area contributed by atoms with Crippen molar-refractivity contribution in [3.63, 3.8) is 0 Å². The van der Waals surface area contributed by atoms with E-state index in [1.165, 1.54) is 6.42 Å². The van der Waals surface area contributed by atoms with Gasteiger partial charge in [-0.25, -0.2) is 4.99 Å². The van der Waals surface area contributed by atoms with E-state index in [2.05, 4.69) is 30.8 Å². The first-order chi connectivity index (χ1) is 13.2. The fourth-order valence-corrected chi connectivity index (χ4v) is 3.25. The molecule has 0 radical (unpaired) electrons. The number of carbonyl (C=O) groups is 1. The largest absolute Gasteiger partial charge is 0.357 e. The number of carbonyl (C=O) groups excluding carboxylic acids is 1. The summed E-state index contributed by atoms with van der Waals surface area (Å²) in [7, 11) is 2.06. The average molecular weight is 371 g/mol. The predicted molar refractivity (Wildman–Crippen MR) is 113 cm³/mol. The van der Waals surface area contributed by atoms with E-state index in [4.69, 9.17) is 4.99 Å². The van der Waals surface area contributed by atoms with Crippen LogP contribution in [0.4, 0.5) is 0 Å². The van der Waals surface area contributed by atoms with Crippen LogP contribution >= 0.6 is 0 Å². The van der Waals surface area contributed by atoms with E-state index in [1.54, 1.807) is 0 Å². The van der Waals surface area contributed by atoms with E-state index in [9.17, 15) is 4.79 Å². The first kappa shape index (κ1) is 21.0. The minimum absolute atomic E-state index is 0.153. The molecule has 1 aliphatic heterocycles. The van der Waals surface area contributed by atoms with Crippen molar-refractivity contribution in [2.24, 2.45) is 4.99 Å². The fraction of sp³-hybridized carbons (Fsp3) is 0.545. The summed E-state index contributed by atoms with van der Waals surface area (Å²) in [6, 6.07) is 7.90. The van der Waals surface area contributed by atoms with Crippen LogP contribution in [0.3, 0.4) is 0 Å². The van der Waals surface area contributed by atoms with Gasteiger partial charge in [0, 0.05) is 38.8 Å². The predicted octanol–water partition coefficient (Wildman–Crippen LogP) is 3.68. The highest BCUT2D eigenvalue weighted by molar-refractivity contribution is 5.94. The van der Waals surface area contributed by atoms with E-state index in [1.807, 2.05) is 35.2 Å². The van der Waals surface area contributed by atoms with Gasteiger partial charge in [0.15, 0.2) is 5.96 Å². The van der Waals surface area contributed by atoms with Crippen LogP contribution in [0.15, 0.2) is 41.9 Å². The molecule has 5 nitrogen and oxygen atoms in total. The Morgan fingerprint density at radius 1 is 1.26 bits per heavy atom. The van der Waals surface area contributed by atoms with Gasteiger partial charge in [-0.3, -0.25) is 4.79 Å². The topological polar surface area (TPSA) is 47.9 Å². The zero-order chi connectivity index (χ0) is 19.5. The number of unbranched alkanes of at least 4 members (excludes halogenated alkanes) is 1. The molecule has 1 aliphatic rings. The number of nitrogens with one attached hydrogen (secondary N) is 1. The second kappa shape index (κ2) is 11.4. The lowest BCUT2D eigenvalue weighted by Gasteiger charge is -2.26. The second-order valence-electron chi connectivity index (χ2n) is 7.07. The molecule has 1 aromatic rings. The number of nitrogens with zero attached hydrogens (tertiary/aromatic N) is 3. The van der Waals surface area contributed by atoms with Crippen LogP contribution in [0.25, 0.3) is 0 Å². The van der Waals surface area contributed by atoms with Gasteiger partial charge >= 0.3 is 0 Å². The number of piperidine rings is 1. The molecular formula is C22H34N4O. The van der Waals surface area contributed by atoms with Crippen molar-refractivity contribution in [2.75, 3.05) is 33.2 Å². The Morgan fingerprint density at radius 3 is 2.59 bits per heavy atom. The van der Waals surface area contributed by atoms with E-state index in [0.717, 1.165) is 68.9 Å². The molecule has 1 N–H and O–H groups in total. The average Bonchev–Trinajstić information content (AvgIpc) is 2.71. The van der Waals surface area contributed by atoms with E-state index in [0.29, 0.717) is 6.54 Å². The number of hydrogen-bond donors (Lipinski definition) is 1. The van der Waals surface area contributed by atoms with Crippen molar-refractivity contribution in [1.82, 2.24) is 15.1 Å². The minimum atomic E-state index is 0.153. The number of hydrogen-bond acceptors (Lipinski definition) is 2. The highest BCUT2D eigenvalue weighted by Gasteiger charge is 2.17. The van der Waals surface area contributed by atoms with Crippen molar-refractivity contribution in [3.05, 3.63) is 48.0 Å². The Labute approximate surface area is 164 Å². The fourth-order valence-electron chi connectivity index (χ4n) is 3.25. The maximum Gasteiger partial charge on any atom is 0.253 e. The van der Waals surface area contributed by atoms with Crippen molar-refractivity contribution >= 4 is 11.9 Å². The third-order valence-corrected chi connectivity index (χ3v) is 4.85. The SMILES string of the molecule is C=CCCCN(C)C(=NCc1ccc(C(=O)N2CCCCC2)cc1)NCC. The maximum atomic E-state index is 12.6. The first-order valence-corrected chi connectivity index (χ1v) is 10.1. The molecule has 0 aliphatic carbocycles. The van der Waals surface area contributed by atoms with Crippen molar-refractivity contribution in [1.29, 1.82) is 0 Å². The second-order valence-corrected chi connectivity index (χ2v) is 7.07. The molecule has 0 unspecified atom stereocenters. The molecule has 1 fully saturated rings. The van der Waals surface area contributed by atoms with Gasteiger partial charge in [0.1, 0.15) is 0 Å². The molecule has 1 aromatic carbocycles. The van der Waals surface area contributed by atoms with E-state index < -0.39 is 0 Å². The van der Waals surface area contributed by atoms with Crippen LogP contribution in [-0.2, 0) is 6.54 Å². The van der Waals surface area contributed by atoms with E-state index >= 15 is 0 Å². The third kappa shape index (κ3) is 6.74. The zero-order valence-corrected chi connectivity index (χ0v) is 16.9. The van der Waals surface area contributed by atoms with Crippen LogP contribution in [0.2, 0.25) is 0 Å². The van der Waals surface area contributed by atoms with Gasteiger partial charge in [-0.05, 0) is 56.7 Å². The molecule has 0 spiro atoms. The molecule has 0 bridgehead atoms. The van der Waals surface area contributed by atoms with Gasteiger partial charge in [0.2, 0.25) is 0 Å². The molecule has 1 heterocycles. The monoisotopic (exact) mass is 370 g/mol. The molecule has 27 heavy (non-hydrogen) atoms. The zero-order valence-electron chi connectivity index (χ0n) is 16.9. The standard InChI is InChI=1S/C22H34N4O/c1-4-6-8-15-25(3)22(23-5-2)24-18-19-11-13-20(14-12-19)21(27)26-16-9-7-10-17-26/h4,11-14H,1,5-10,15-18H2,2-3H3,(H,23,24). The Morgan fingerprint density at radius 2 is 1.96 bits per heavy atom. The summed E-state index contributed by atoms with van der Waals surface area (Å²) in [6.07, 6.45) is 7.49. The van der Waals surface area contributed by atoms with Gasteiger partial charge in [-0.15, -0.1) is 6.58 Å². The normalized spacial score (nSPS) is 14.7. The lowest BCUT2D eigenvalue weighted by Crippen LogP contribution is -2.39. The van der Waals surface area contributed by atoms with Crippen LogP contribution in [0, 0.1) is 0 Å². The molecule has 0 aromatic heterocycles. The third-order valence-electron chi connectivity index (χ3n) is 4.85. The number of guanidine groups is 1. The number of likely N-dealkylation sites (tertiary alicyclic amines) is 1. The summed E-state index contributed by atoms with van der Waals surface area (Å²) in [6.45, 7) is 10.0. The van der Waals surface area contributed by atoms with Crippen LogP contribution < -0.4 is 5.32 Å². The Kier molecular flexibility index (Phi) is 8.89. The molecule has 148 valence electrons. The molecule has 0 saturated carbocycles. The van der Waals surface area contributed by atoms with E-state index in [-0.39, 0.29) is 5.91 Å². The Balaban J connectivity index is 1.95. The quantitative estimate of drug-likeness (QED) is 0.329. The Bertz CT molecular complexity index is 618. The number of rotatable bonds is 8. The molecule has 1 saturated heterocycles. The molecule has 1 amide bonds. The summed E-state index contributed by atoms with van der Waals surface area (Å²) in [5, 5.41) is 3.34. The number of aliphatic imine (C=N–C) groups is 1. The molecule has 2 rings (SSSR count).